The summed E-state index contributed by atoms with van der Waals surface area (Å²) >= 11 is 0. The van der Waals surface area contributed by atoms with E-state index in [1.807, 2.05) is 6.20 Å². The number of nitrogens with zero attached hydrogens (tertiary/aromatic N) is 2. The van der Waals surface area contributed by atoms with Crippen molar-refractivity contribution in [2.45, 2.75) is 71.4 Å². The van der Waals surface area contributed by atoms with Gasteiger partial charge < -0.3 is 9.47 Å². The molecule has 2 fully saturated rings. The van der Waals surface area contributed by atoms with E-state index in [4.69, 9.17) is 14.6 Å². The summed E-state index contributed by atoms with van der Waals surface area (Å²) < 4.78 is 15.1. The van der Waals surface area contributed by atoms with Crippen molar-refractivity contribution in [3.63, 3.8) is 0 Å². The Morgan fingerprint density at radius 3 is 2.52 bits per heavy atom. The molecule has 1 aliphatic heterocycles. The van der Waals surface area contributed by atoms with Gasteiger partial charge in [-0.1, -0.05) is 30.2 Å². The zero-order chi connectivity index (χ0) is 18.8. The zero-order valence-electron chi connectivity index (χ0n) is 16.7. The van der Waals surface area contributed by atoms with Crippen LogP contribution in [0, 0.1) is 12.3 Å². The zero-order valence-corrected chi connectivity index (χ0v) is 16.7. The van der Waals surface area contributed by atoms with Gasteiger partial charge in [0.1, 0.15) is 0 Å². The summed E-state index contributed by atoms with van der Waals surface area (Å²) in [5, 5.41) is 4.72. The van der Waals surface area contributed by atoms with Crippen LogP contribution >= 0.6 is 0 Å². The third kappa shape index (κ3) is 2.39. The smallest absolute Gasteiger partial charge is 0.178 e. The molecule has 4 heteroatoms. The molecule has 142 valence electrons. The van der Waals surface area contributed by atoms with E-state index in [9.17, 15) is 0 Å². The Balaban J connectivity index is 1.58. The highest BCUT2D eigenvalue weighted by atomic mass is 16.8. The van der Waals surface area contributed by atoms with Crippen LogP contribution in [0.2, 0.25) is 0 Å². The number of rotatable bonds is 1. The first kappa shape index (κ1) is 17.2. The minimum absolute atomic E-state index is 0.127. The van der Waals surface area contributed by atoms with Gasteiger partial charge in [-0.15, -0.1) is 0 Å². The average Bonchev–Trinajstić information content (AvgIpc) is 3.16. The van der Waals surface area contributed by atoms with Gasteiger partial charge in [-0.3, -0.25) is 0 Å². The van der Waals surface area contributed by atoms with Gasteiger partial charge in [0.15, 0.2) is 5.79 Å². The Morgan fingerprint density at radius 2 is 1.81 bits per heavy atom. The number of hydrogen-bond acceptors (Lipinski definition) is 3. The van der Waals surface area contributed by atoms with E-state index < -0.39 is 5.79 Å². The van der Waals surface area contributed by atoms with Crippen LogP contribution in [0.3, 0.4) is 0 Å². The van der Waals surface area contributed by atoms with Crippen LogP contribution < -0.4 is 0 Å². The monoisotopic (exact) mass is 364 g/mol. The normalized spacial score (nSPS) is 31.5. The second kappa shape index (κ2) is 5.79. The van der Waals surface area contributed by atoms with E-state index in [0.717, 1.165) is 31.4 Å². The molecule has 4 nitrogen and oxygen atoms in total. The van der Waals surface area contributed by atoms with Gasteiger partial charge in [0.05, 0.1) is 29.8 Å². The molecule has 1 aromatic carbocycles. The molecule has 3 atom stereocenters. The molecule has 1 spiro atoms. The summed E-state index contributed by atoms with van der Waals surface area (Å²) in [6.45, 7) is 8.70. The molecule has 2 aromatic rings. The van der Waals surface area contributed by atoms with Crippen LogP contribution in [0.15, 0.2) is 36.0 Å². The van der Waals surface area contributed by atoms with Crippen molar-refractivity contribution in [1.29, 1.82) is 0 Å². The topological polar surface area (TPSA) is 36.3 Å². The van der Waals surface area contributed by atoms with E-state index in [2.05, 4.69) is 62.7 Å². The lowest BCUT2D eigenvalue weighted by atomic mass is 9.62. The number of aromatic nitrogens is 2. The molecule has 0 bridgehead atoms. The largest absolute Gasteiger partial charge is 0.343 e. The van der Waals surface area contributed by atoms with Crippen LogP contribution in [0.1, 0.15) is 56.9 Å². The van der Waals surface area contributed by atoms with Gasteiger partial charge in [0.25, 0.3) is 0 Å². The second-order valence-corrected chi connectivity index (χ2v) is 8.73. The van der Waals surface area contributed by atoms with E-state index in [-0.39, 0.29) is 17.6 Å². The Morgan fingerprint density at radius 1 is 1.11 bits per heavy atom. The van der Waals surface area contributed by atoms with Crippen LogP contribution in [0.5, 0.6) is 0 Å². The van der Waals surface area contributed by atoms with Gasteiger partial charge in [-0.05, 0) is 63.8 Å². The highest BCUT2D eigenvalue weighted by Crippen LogP contribution is 2.58. The van der Waals surface area contributed by atoms with Crippen molar-refractivity contribution >= 4 is 6.08 Å². The SMILES string of the molecule is Cc1ccc(-n2ncc3c2C=C2CCCC4(O[C@H](C)[C@@H](C)O4)[C@@]2(C)C3)cc1. The van der Waals surface area contributed by atoms with Gasteiger partial charge in [0.2, 0.25) is 0 Å². The number of hydrogen-bond donors (Lipinski definition) is 0. The number of aryl methyl sites for hydroxylation is 1. The Kier molecular flexibility index (Phi) is 3.69. The fraction of sp³-hybridized carbons (Fsp3) is 0.522. The summed E-state index contributed by atoms with van der Waals surface area (Å²) in [7, 11) is 0. The Bertz CT molecular complexity index is 901. The third-order valence-corrected chi connectivity index (χ3v) is 6.93. The molecular weight excluding hydrogens is 336 g/mol. The molecule has 3 aliphatic rings. The maximum Gasteiger partial charge on any atom is 0.178 e. The van der Waals surface area contributed by atoms with Crippen molar-refractivity contribution in [2.75, 3.05) is 0 Å². The fourth-order valence-corrected chi connectivity index (χ4v) is 5.11. The predicted molar refractivity (Wildman–Crippen MR) is 106 cm³/mol. The first-order valence-corrected chi connectivity index (χ1v) is 10.1. The van der Waals surface area contributed by atoms with Crippen molar-refractivity contribution in [3.05, 3.63) is 52.9 Å². The number of fused-ring (bicyclic) bond motifs is 3. The van der Waals surface area contributed by atoms with Gasteiger partial charge in [-0.2, -0.15) is 5.10 Å². The van der Waals surface area contributed by atoms with Gasteiger partial charge in [-0.25, -0.2) is 4.68 Å². The molecule has 1 saturated heterocycles. The fourth-order valence-electron chi connectivity index (χ4n) is 5.11. The molecule has 0 radical (unpaired) electrons. The maximum absolute atomic E-state index is 6.50. The van der Waals surface area contributed by atoms with E-state index in [1.54, 1.807) is 0 Å². The maximum atomic E-state index is 6.50. The summed E-state index contributed by atoms with van der Waals surface area (Å²) in [4.78, 5) is 0. The van der Waals surface area contributed by atoms with E-state index in [1.165, 1.54) is 22.4 Å². The standard InChI is InChI=1S/C23H28N2O2/c1-15-7-9-20(10-8-15)25-21-12-19-6-5-11-23(26-16(2)17(3)27-23)22(19,4)13-18(21)14-24-25/h7-10,12,14,16-17H,5-6,11,13H2,1-4H3/t16-,17-,22+/m1/s1. The highest BCUT2D eigenvalue weighted by molar-refractivity contribution is 5.62. The summed E-state index contributed by atoms with van der Waals surface area (Å²) in [6, 6.07) is 8.57. The minimum Gasteiger partial charge on any atom is -0.343 e. The Labute approximate surface area is 161 Å². The molecule has 0 unspecified atom stereocenters. The average molecular weight is 364 g/mol. The van der Waals surface area contributed by atoms with Crippen molar-refractivity contribution < 1.29 is 9.47 Å². The molecule has 2 aliphatic carbocycles. The van der Waals surface area contributed by atoms with Gasteiger partial charge in [0, 0.05) is 11.8 Å². The number of ether oxygens (including phenoxy) is 2. The second-order valence-electron chi connectivity index (χ2n) is 8.73. The quantitative estimate of drug-likeness (QED) is 0.727. The first-order chi connectivity index (χ1) is 12.9. The van der Waals surface area contributed by atoms with Crippen LogP contribution in [-0.4, -0.2) is 27.8 Å². The van der Waals surface area contributed by atoms with Crippen LogP contribution in [0.25, 0.3) is 11.8 Å². The lowest BCUT2D eigenvalue weighted by Crippen LogP contribution is -2.53. The van der Waals surface area contributed by atoms with Gasteiger partial charge >= 0.3 is 0 Å². The summed E-state index contributed by atoms with van der Waals surface area (Å²) in [5.74, 6) is -0.500. The predicted octanol–water partition coefficient (Wildman–Crippen LogP) is 4.83. The van der Waals surface area contributed by atoms with Crippen molar-refractivity contribution in [1.82, 2.24) is 9.78 Å². The van der Waals surface area contributed by atoms with E-state index >= 15 is 0 Å². The molecule has 5 rings (SSSR count). The molecule has 2 heterocycles. The first-order valence-electron chi connectivity index (χ1n) is 10.1. The lowest BCUT2D eigenvalue weighted by molar-refractivity contribution is -0.246. The third-order valence-electron chi connectivity index (χ3n) is 6.93. The van der Waals surface area contributed by atoms with Crippen LogP contribution in [0.4, 0.5) is 0 Å². The van der Waals surface area contributed by atoms with E-state index in [0.29, 0.717) is 0 Å². The molecule has 0 amide bonds. The molecule has 1 aromatic heterocycles. The summed E-state index contributed by atoms with van der Waals surface area (Å²) in [5.41, 5.74) is 6.18. The highest BCUT2D eigenvalue weighted by Gasteiger charge is 2.60. The lowest BCUT2D eigenvalue weighted by Gasteiger charge is -2.51. The van der Waals surface area contributed by atoms with Crippen LogP contribution in [-0.2, 0) is 15.9 Å². The molecular formula is C23H28N2O2. The van der Waals surface area contributed by atoms with Crippen molar-refractivity contribution in [3.8, 4) is 5.69 Å². The molecule has 27 heavy (non-hydrogen) atoms. The summed E-state index contributed by atoms with van der Waals surface area (Å²) in [6.07, 6.45) is 8.75. The molecule has 0 N–H and O–H groups in total. The Hall–Kier alpha value is -1.91. The van der Waals surface area contributed by atoms with Crippen molar-refractivity contribution in [2.24, 2.45) is 5.41 Å². The molecule has 1 saturated carbocycles. The minimum atomic E-state index is -0.500. The number of benzene rings is 1.